The Morgan fingerprint density at radius 1 is 0.661 bits per heavy atom. The lowest BCUT2D eigenvalue weighted by Gasteiger charge is -2.28. The molecule has 15 N–H and O–H groups in total. The van der Waals surface area contributed by atoms with Gasteiger partial charge < -0.3 is 69.1 Å². The van der Waals surface area contributed by atoms with E-state index in [1.165, 1.54) is 20.9 Å². The first-order valence-electron chi connectivity index (χ1n) is 18.5. The van der Waals surface area contributed by atoms with Crippen molar-refractivity contribution in [3.63, 3.8) is 0 Å². The van der Waals surface area contributed by atoms with Crippen molar-refractivity contribution in [2.75, 3.05) is 26.8 Å². The van der Waals surface area contributed by atoms with Crippen LogP contribution < -0.4 is 48.7 Å². The van der Waals surface area contributed by atoms with Gasteiger partial charge in [-0.2, -0.15) is 0 Å². The van der Waals surface area contributed by atoms with E-state index in [1.54, 1.807) is 30.3 Å². The van der Waals surface area contributed by atoms with Crippen LogP contribution in [-0.2, 0) is 49.6 Å². The Hall–Kier alpha value is -6.36. The predicted octanol–water partition coefficient (Wildman–Crippen LogP) is -4.84. The van der Waals surface area contributed by atoms with Gasteiger partial charge in [-0.25, -0.2) is 9.59 Å². The molecule has 0 heterocycles. The van der Waals surface area contributed by atoms with Gasteiger partial charge in [0, 0.05) is 26.4 Å². The summed E-state index contributed by atoms with van der Waals surface area (Å²) >= 11 is 0. The third-order valence-electron chi connectivity index (χ3n) is 8.98. The van der Waals surface area contributed by atoms with Crippen LogP contribution in [0, 0.1) is 11.8 Å². The summed E-state index contributed by atoms with van der Waals surface area (Å²) in [4.78, 5) is 118. The van der Waals surface area contributed by atoms with Gasteiger partial charge >= 0.3 is 11.9 Å². The number of carboxylic acid groups (broad SMARTS) is 2. The number of aliphatic carboxylic acids is 2. The Kier molecular flexibility index (Phi) is 22.2. The molecule has 59 heavy (non-hydrogen) atoms. The molecule has 0 saturated heterocycles. The number of hydrogen-bond acceptors (Lipinski definition) is 12. The number of benzene rings is 1. The predicted molar refractivity (Wildman–Crippen MR) is 208 cm³/mol. The Balaban J connectivity index is 3.28. The molecule has 328 valence electrons. The molecule has 0 aliphatic carbocycles. The molecule has 23 heteroatoms. The van der Waals surface area contributed by atoms with Gasteiger partial charge in [0.25, 0.3) is 0 Å². The highest BCUT2D eigenvalue weighted by Crippen LogP contribution is 2.12. The van der Waals surface area contributed by atoms with Gasteiger partial charge in [-0.05, 0) is 31.7 Å². The molecule has 0 aromatic heterocycles. The van der Waals surface area contributed by atoms with Gasteiger partial charge in [0.15, 0.2) is 5.96 Å². The molecule has 0 spiro atoms. The number of nitrogens with two attached hydrogens (primary N) is 2. The van der Waals surface area contributed by atoms with Crippen LogP contribution in [0.15, 0.2) is 35.3 Å². The standard InChI is InChI=1S/C36H56N10O13/c1-18(29(51)43-23(34(56)57)12-13-26(49)39-4)25(16-47)45-32(54)22(11-8-14-40-36(37)38)42-30(52)19(2)28(35(58)59)46-33(55)24(15-21-9-6-5-7-10-21)44-31(53)20(3)41-27(50)17-48/h5-7,9-10,18-20,22-25,28,47-48H,8,11-17H2,1-4H3,(H,39,49)(H,41,50)(H,42,52)(H,43,51)(H,44,53)(H,45,54)(H,46,55)(H,56,57)(H,58,59)(H4,37,38,40)/t18-,19-,20+,22-,23+,24-,25-,28+/m0/s1. The van der Waals surface area contributed by atoms with Crippen LogP contribution in [-0.4, -0.2) is 143 Å². The molecule has 0 unspecified atom stereocenters. The number of rotatable bonds is 26. The fraction of sp³-hybridized carbons (Fsp3) is 0.556. The zero-order chi connectivity index (χ0) is 44.8. The average Bonchev–Trinajstić information content (AvgIpc) is 3.19. The maximum absolute atomic E-state index is 13.6. The molecule has 0 aliphatic rings. The lowest BCUT2D eigenvalue weighted by atomic mass is 9.97. The van der Waals surface area contributed by atoms with E-state index in [0.717, 1.165) is 6.92 Å². The zero-order valence-corrected chi connectivity index (χ0v) is 33.2. The highest BCUT2D eigenvalue weighted by Gasteiger charge is 2.37. The van der Waals surface area contributed by atoms with Gasteiger partial charge in [-0.3, -0.25) is 38.6 Å². The van der Waals surface area contributed by atoms with E-state index < -0.39 is 115 Å². The van der Waals surface area contributed by atoms with Crippen molar-refractivity contribution in [3.8, 4) is 0 Å². The molecule has 1 aromatic rings. The van der Waals surface area contributed by atoms with Crippen LogP contribution in [0.3, 0.4) is 0 Å². The fourth-order valence-corrected chi connectivity index (χ4v) is 5.35. The normalized spacial score (nSPS) is 14.8. The highest BCUT2D eigenvalue weighted by atomic mass is 16.4. The first-order chi connectivity index (χ1) is 27.7. The number of hydrogen-bond donors (Lipinski definition) is 13. The Labute approximate surface area is 339 Å². The van der Waals surface area contributed by atoms with Crippen molar-refractivity contribution in [2.45, 2.75) is 89.1 Å². The molecule has 0 saturated carbocycles. The molecule has 7 amide bonds. The van der Waals surface area contributed by atoms with Crippen molar-refractivity contribution < 1.29 is 63.6 Å². The van der Waals surface area contributed by atoms with E-state index in [0.29, 0.717) is 5.56 Å². The molecule has 23 nitrogen and oxygen atoms in total. The Morgan fingerprint density at radius 2 is 1.24 bits per heavy atom. The number of guanidine groups is 1. The summed E-state index contributed by atoms with van der Waals surface area (Å²) in [5.74, 6) is -12.2. The lowest BCUT2D eigenvalue weighted by Crippen LogP contribution is -2.59. The first kappa shape index (κ1) is 50.7. The molecule has 0 radical (unpaired) electrons. The van der Waals surface area contributed by atoms with E-state index in [1.807, 2.05) is 0 Å². The molecule has 0 bridgehead atoms. The van der Waals surface area contributed by atoms with Crippen molar-refractivity contribution in [3.05, 3.63) is 35.9 Å². The van der Waals surface area contributed by atoms with Crippen LogP contribution >= 0.6 is 0 Å². The summed E-state index contributed by atoms with van der Waals surface area (Å²) in [5.41, 5.74) is 11.3. The first-order valence-corrected chi connectivity index (χ1v) is 18.5. The molecular formula is C36H56N10O13. The summed E-state index contributed by atoms with van der Waals surface area (Å²) in [5, 5.41) is 55.2. The van der Waals surface area contributed by atoms with Gasteiger partial charge in [0.05, 0.1) is 24.5 Å². The van der Waals surface area contributed by atoms with Gasteiger partial charge in [-0.15, -0.1) is 0 Å². The SMILES string of the molecule is CNC(=O)CC[C@@H](NC(=O)[C@@H](C)[C@H](CO)NC(=O)[C@H](CCCN=C(N)N)NC(=O)[C@@H](C)[C@@H](NC(=O)[C@H](Cc1ccccc1)NC(=O)[C@@H](C)NC(=O)CO)C(=O)O)C(=O)O. The molecule has 1 aromatic carbocycles. The van der Waals surface area contributed by atoms with Crippen molar-refractivity contribution in [2.24, 2.45) is 28.3 Å². The minimum Gasteiger partial charge on any atom is -0.480 e. The van der Waals surface area contributed by atoms with E-state index >= 15 is 0 Å². The zero-order valence-electron chi connectivity index (χ0n) is 33.2. The summed E-state index contributed by atoms with van der Waals surface area (Å²) in [6.45, 7) is 2.02. The van der Waals surface area contributed by atoms with Gasteiger partial charge in [0.2, 0.25) is 41.4 Å². The monoisotopic (exact) mass is 836 g/mol. The summed E-state index contributed by atoms with van der Waals surface area (Å²) in [6, 6.07) is -0.480. The second kappa shape index (κ2) is 25.8. The second-order valence-corrected chi connectivity index (χ2v) is 13.5. The van der Waals surface area contributed by atoms with E-state index in [9.17, 15) is 58.5 Å². The van der Waals surface area contributed by atoms with Crippen molar-refractivity contribution in [1.82, 2.24) is 37.2 Å². The summed E-state index contributed by atoms with van der Waals surface area (Å²) in [7, 11) is 1.36. The maximum atomic E-state index is 13.6. The second-order valence-electron chi connectivity index (χ2n) is 13.5. The number of carboxylic acids is 2. The number of amides is 7. The number of nitrogens with one attached hydrogen (secondary N) is 7. The molecule has 0 aliphatic heterocycles. The quantitative estimate of drug-likeness (QED) is 0.0237. The Morgan fingerprint density at radius 3 is 1.78 bits per heavy atom. The summed E-state index contributed by atoms with van der Waals surface area (Å²) < 4.78 is 0. The van der Waals surface area contributed by atoms with Crippen LogP contribution in [0.2, 0.25) is 0 Å². The number of aliphatic hydroxyl groups is 2. The van der Waals surface area contributed by atoms with Crippen molar-refractivity contribution >= 4 is 59.2 Å². The highest BCUT2D eigenvalue weighted by molar-refractivity contribution is 5.96. The topological polar surface area (TPSA) is 383 Å². The number of carbonyl (C=O) groups excluding carboxylic acids is 7. The van der Waals surface area contributed by atoms with Crippen LogP contribution in [0.5, 0.6) is 0 Å². The number of aliphatic imine (C=N–C) groups is 1. The molecule has 8 atom stereocenters. The largest absolute Gasteiger partial charge is 0.480 e. The summed E-state index contributed by atoms with van der Waals surface area (Å²) in [6.07, 6.45) is -0.672. The lowest BCUT2D eigenvalue weighted by molar-refractivity contribution is -0.146. The minimum absolute atomic E-state index is 0.00294. The van der Waals surface area contributed by atoms with E-state index in [2.05, 4.69) is 42.2 Å². The Bertz CT molecular complexity index is 1660. The molecule has 0 fully saturated rings. The number of carbonyl (C=O) groups is 9. The molecule has 1 rings (SSSR count). The molecular weight excluding hydrogens is 780 g/mol. The van der Waals surface area contributed by atoms with Gasteiger partial charge in [-0.1, -0.05) is 44.2 Å². The van der Waals surface area contributed by atoms with Crippen LogP contribution in [0.25, 0.3) is 0 Å². The number of nitrogens with zero attached hydrogens (tertiary/aromatic N) is 1. The average molecular weight is 837 g/mol. The smallest absolute Gasteiger partial charge is 0.327 e. The van der Waals surface area contributed by atoms with Crippen LogP contribution in [0.4, 0.5) is 0 Å². The van der Waals surface area contributed by atoms with Crippen LogP contribution in [0.1, 0.15) is 52.0 Å². The third kappa shape index (κ3) is 18.2. The minimum atomic E-state index is -1.92. The van der Waals surface area contributed by atoms with Crippen molar-refractivity contribution in [1.29, 1.82) is 0 Å². The van der Waals surface area contributed by atoms with E-state index in [-0.39, 0.29) is 44.6 Å². The van der Waals surface area contributed by atoms with E-state index in [4.69, 9.17) is 16.6 Å². The van der Waals surface area contributed by atoms with Gasteiger partial charge in [0.1, 0.15) is 36.8 Å². The number of aliphatic hydroxyl groups excluding tert-OH is 2. The fourth-order valence-electron chi connectivity index (χ4n) is 5.35. The third-order valence-corrected chi connectivity index (χ3v) is 8.98. The maximum Gasteiger partial charge on any atom is 0.327 e.